The van der Waals surface area contributed by atoms with Crippen molar-refractivity contribution >= 4 is 17.2 Å². The van der Waals surface area contributed by atoms with Crippen LogP contribution in [0, 0.1) is 12.7 Å². The lowest BCUT2D eigenvalue weighted by Gasteiger charge is -2.03. The number of nitrogens with one attached hydrogen (secondary N) is 1. The minimum Gasteiger partial charge on any atom is -0.382 e. The highest BCUT2D eigenvalue weighted by Crippen LogP contribution is 2.36. The summed E-state index contributed by atoms with van der Waals surface area (Å²) in [4.78, 5) is 4.38. The van der Waals surface area contributed by atoms with Crippen LogP contribution in [0.3, 0.4) is 0 Å². The van der Waals surface area contributed by atoms with Crippen molar-refractivity contribution in [3.63, 3.8) is 0 Å². The van der Waals surface area contributed by atoms with Crippen LogP contribution in [-0.2, 0) is 0 Å². The summed E-state index contributed by atoms with van der Waals surface area (Å²) in [5.74, 6) is -0.0606. The zero-order chi connectivity index (χ0) is 13.4. The van der Waals surface area contributed by atoms with Gasteiger partial charge in [0.2, 0.25) is 0 Å². The first-order valence-electron chi connectivity index (χ1n) is 5.68. The van der Waals surface area contributed by atoms with Gasteiger partial charge in [-0.25, -0.2) is 9.37 Å². The number of aryl methyl sites for hydroxylation is 1. The van der Waals surface area contributed by atoms with Crippen molar-refractivity contribution in [2.45, 2.75) is 6.92 Å². The molecule has 3 N–H and O–H groups in total. The fraction of sp³-hybridized carbons (Fsp3) is 0.0769. The molecule has 2 aromatic heterocycles. The fourth-order valence-electron chi connectivity index (χ4n) is 1.96. The van der Waals surface area contributed by atoms with E-state index in [1.54, 1.807) is 18.2 Å². The first-order valence-corrected chi connectivity index (χ1v) is 6.56. The number of aromatic amines is 1. The van der Waals surface area contributed by atoms with Crippen LogP contribution >= 0.6 is 11.3 Å². The first kappa shape index (κ1) is 11.9. The molecule has 0 saturated heterocycles. The highest BCUT2D eigenvalue weighted by molar-refractivity contribution is 7.09. The molecule has 0 aliphatic heterocycles. The van der Waals surface area contributed by atoms with E-state index in [1.807, 2.05) is 12.3 Å². The molecule has 0 saturated carbocycles. The maximum atomic E-state index is 13.9. The molecule has 0 atom stereocenters. The minimum atomic E-state index is -0.330. The van der Waals surface area contributed by atoms with Crippen molar-refractivity contribution in [3.8, 4) is 22.5 Å². The highest BCUT2D eigenvalue weighted by atomic mass is 32.1. The van der Waals surface area contributed by atoms with Crippen LogP contribution < -0.4 is 5.73 Å². The third-order valence-electron chi connectivity index (χ3n) is 2.81. The molecule has 0 aliphatic carbocycles. The van der Waals surface area contributed by atoms with E-state index in [1.165, 1.54) is 17.4 Å². The molecule has 19 heavy (non-hydrogen) atoms. The Bertz CT molecular complexity index is 732. The zero-order valence-corrected chi connectivity index (χ0v) is 11.0. The molecule has 0 spiro atoms. The number of nitrogens with two attached hydrogens (primary N) is 1. The lowest BCUT2D eigenvalue weighted by molar-refractivity contribution is 0.631. The SMILES string of the molecule is Cc1nc(-c2[nH]nc(N)c2-c2ccccc2F)cs1. The summed E-state index contributed by atoms with van der Waals surface area (Å²) in [5, 5.41) is 9.63. The second-order valence-corrected chi connectivity index (χ2v) is 5.15. The number of aromatic nitrogens is 3. The number of nitrogen functional groups attached to an aromatic ring is 1. The van der Waals surface area contributed by atoms with E-state index in [4.69, 9.17) is 5.73 Å². The number of rotatable bonds is 2. The maximum Gasteiger partial charge on any atom is 0.153 e. The number of hydrogen-bond donors (Lipinski definition) is 2. The number of nitrogens with zero attached hydrogens (tertiary/aromatic N) is 2. The molecular formula is C13H11FN4S. The third-order valence-corrected chi connectivity index (χ3v) is 3.59. The molecule has 96 valence electrons. The van der Waals surface area contributed by atoms with Crippen LogP contribution in [0.4, 0.5) is 10.2 Å². The van der Waals surface area contributed by atoms with Gasteiger partial charge in [0.25, 0.3) is 0 Å². The summed E-state index contributed by atoms with van der Waals surface area (Å²) in [6.07, 6.45) is 0. The van der Waals surface area contributed by atoms with Crippen LogP contribution in [0.25, 0.3) is 22.5 Å². The Labute approximate surface area is 113 Å². The van der Waals surface area contributed by atoms with Crippen LogP contribution in [-0.4, -0.2) is 15.2 Å². The monoisotopic (exact) mass is 274 g/mol. The third kappa shape index (κ3) is 2.00. The van der Waals surface area contributed by atoms with Crippen LogP contribution in [0.2, 0.25) is 0 Å². The van der Waals surface area contributed by atoms with Gasteiger partial charge in [0.15, 0.2) is 5.82 Å². The van der Waals surface area contributed by atoms with Crippen molar-refractivity contribution in [2.24, 2.45) is 0 Å². The van der Waals surface area contributed by atoms with E-state index in [2.05, 4.69) is 15.2 Å². The number of anilines is 1. The first-order chi connectivity index (χ1) is 9.16. The van der Waals surface area contributed by atoms with E-state index in [-0.39, 0.29) is 11.6 Å². The van der Waals surface area contributed by atoms with Gasteiger partial charge in [0.1, 0.15) is 5.82 Å². The van der Waals surface area contributed by atoms with Gasteiger partial charge in [0, 0.05) is 10.9 Å². The van der Waals surface area contributed by atoms with E-state index < -0.39 is 0 Å². The van der Waals surface area contributed by atoms with Crippen LogP contribution in [0.15, 0.2) is 29.6 Å². The molecule has 0 bridgehead atoms. The molecule has 1 aromatic carbocycles. The Morgan fingerprint density at radius 1 is 1.32 bits per heavy atom. The summed E-state index contributed by atoms with van der Waals surface area (Å²) in [6, 6.07) is 6.49. The second-order valence-electron chi connectivity index (χ2n) is 4.09. The summed E-state index contributed by atoms with van der Waals surface area (Å²) in [5.41, 5.74) is 8.21. The Morgan fingerprint density at radius 3 is 2.79 bits per heavy atom. The molecule has 3 aromatic rings. The Balaban J connectivity index is 2.22. The molecule has 0 unspecified atom stereocenters. The Hall–Kier alpha value is -2.21. The van der Waals surface area contributed by atoms with Gasteiger partial charge in [0.05, 0.1) is 22.0 Å². The molecular weight excluding hydrogens is 263 g/mol. The van der Waals surface area contributed by atoms with Crippen molar-refractivity contribution in [1.29, 1.82) is 0 Å². The molecule has 2 heterocycles. The van der Waals surface area contributed by atoms with E-state index in [0.717, 1.165) is 10.7 Å². The number of benzene rings is 1. The zero-order valence-electron chi connectivity index (χ0n) is 10.1. The summed E-state index contributed by atoms with van der Waals surface area (Å²) in [7, 11) is 0. The van der Waals surface area contributed by atoms with Gasteiger partial charge < -0.3 is 5.73 Å². The van der Waals surface area contributed by atoms with Crippen molar-refractivity contribution in [3.05, 3.63) is 40.5 Å². The molecule has 3 rings (SSSR count). The standard InChI is InChI=1S/C13H11FN4S/c1-7-16-10(6-19-7)12-11(13(15)18-17-12)8-4-2-3-5-9(8)14/h2-6H,1H3,(H3,15,17,18). The topological polar surface area (TPSA) is 67.6 Å². The summed E-state index contributed by atoms with van der Waals surface area (Å²) in [6.45, 7) is 1.91. The summed E-state index contributed by atoms with van der Waals surface area (Å²) < 4.78 is 13.9. The maximum absolute atomic E-state index is 13.9. The van der Waals surface area contributed by atoms with Crippen molar-refractivity contribution in [1.82, 2.24) is 15.2 Å². The largest absolute Gasteiger partial charge is 0.382 e. The molecule has 0 fully saturated rings. The average Bonchev–Trinajstić information content (AvgIpc) is 2.96. The van der Waals surface area contributed by atoms with Crippen LogP contribution in [0.5, 0.6) is 0 Å². The van der Waals surface area contributed by atoms with Crippen molar-refractivity contribution in [2.75, 3.05) is 5.73 Å². The van der Waals surface area contributed by atoms with Gasteiger partial charge in [-0.3, -0.25) is 5.10 Å². The second kappa shape index (κ2) is 4.47. The van der Waals surface area contributed by atoms with E-state index in [9.17, 15) is 4.39 Å². The molecule has 0 aliphatic rings. The molecule has 0 radical (unpaired) electrons. The Kier molecular flexibility index (Phi) is 2.79. The van der Waals surface area contributed by atoms with E-state index in [0.29, 0.717) is 16.8 Å². The number of H-pyrrole nitrogens is 1. The lowest BCUT2D eigenvalue weighted by atomic mass is 10.0. The molecule has 6 heteroatoms. The number of thiazole rings is 1. The Morgan fingerprint density at radius 2 is 2.11 bits per heavy atom. The predicted molar refractivity (Wildman–Crippen MR) is 74.2 cm³/mol. The van der Waals surface area contributed by atoms with E-state index >= 15 is 0 Å². The van der Waals surface area contributed by atoms with Gasteiger partial charge in [-0.1, -0.05) is 18.2 Å². The highest BCUT2D eigenvalue weighted by Gasteiger charge is 2.18. The number of hydrogen-bond acceptors (Lipinski definition) is 4. The normalized spacial score (nSPS) is 10.8. The average molecular weight is 274 g/mol. The molecule has 4 nitrogen and oxygen atoms in total. The smallest absolute Gasteiger partial charge is 0.153 e. The van der Waals surface area contributed by atoms with Gasteiger partial charge in [-0.15, -0.1) is 11.3 Å². The minimum absolute atomic E-state index is 0.269. The van der Waals surface area contributed by atoms with Gasteiger partial charge >= 0.3 is 0 Å². The number of halogens is 1. The molecule has 0 amide bonds. The lowest BCUT2D eigenvalue weighted by Crippen LogP contribution is -1.91. The van der Waals surface area contributed by atoms with Gasteiger partial charge in [-0.2, -0.15) is 5.10 Å². The van der Waals surface area contributed by atoms with Crippen molar-refractivity contribution < 1.29 is 4.39 Å². The van der Waals surface area contributed by atoms with Crippen LogP contribution in [0.1, 0.15) is 5.01 Å². The predicted octanol–water partition coefficient (Wildman–Crippen LogP) is 3.23. The fourth-order valence-corrected chi connectivity index (χ4v) is 2.56. The quantitative estimate of drug-likeness (QED) is 0.754. The summed E-state index contributed by atoms with van der Waals surface area (Å²) >= 11 is 1.52. The van der Waals surface area contributed by atoms with Gasteiger partial charge in [-0.05, 0) is 13.0 Å².